The van der Waals surface area contributed by atoms with Crippen LogP contribution in [-0.2, 0) is 0 Å². The van der Waals surface area contributed by atoms with Gasteiger partial charge >= 0.3 is 0 Å². The molecule has 0 spiro atoms. The normalized spacial score (nSPS) is 10.8. The van der Waals surface area contributed by atoms with Crippen molar-refractivity contribution in [3.63, 3.8) is 0 Å². The van der Waals surface area contributed by atoms with Crippen molar-refractivity contribution in [3.8, 4) is 11.5 Å². The third kappa shape index (κ3) is 5.77. The number of methoxy groups -OCH3 is 1. The number of nitrogens with zero attached hydrogens (tertiary/aromatic N) is 1. The Hall–Kier alpha value is -1.53. The molecule has 5 nitrogen and oxygen atoms in total. The van der Waals surface area contributed by atoms with Crippen LogP contribution < -0.4 is 20.2 Å². The molecule has 1 aromatic carbocycles. The van der Waals surface area contributed by atoms with E-state index < -0.39 is 0 Å². The van der Waals surface area contributed by atoms with Gasteiger partial charge in [-0.15, -0.1) is 0 Å². The molecule has 0 atom stereocenters. The number of benzene rings is 1. The molecule has 0 saturated carbocycles. The number of rotatable bonds is 6. The molecule has 0 aromatic heterocycles. The van der Waals surface area contributed by atoms with Crippen molar-refractivity contribution in [2.45, 2.75) is 26.9 Å². The molecular formula is C14H20ClN3O2S. The van der Waals surface area contributed by atoms with E-state index in [-0.39, 0.29) is 6.10 Å². The zero-order valence-corrected chi connectivity index (χ0v) is 14.1. The fourth-order valence-electron chi connectivity index (χ4n) is 1.53. The Kier molecular flexibility index (Phi) is 7.25. The van der Waals surface area contributed by atoms with Crippen molar-refractivity contribution in [1.29, 1.82) is 0 Å². The first-order chi connectivity index (χ1) is 9.97. The molecule has 0 amide bonds. The minimum absolute atomic E-state index is 0.00933. The van der Waals surface area contributed by atoms with Gasteiger partial charge in [0.25, 0.3) is 0 Å². The van der Waals surface area contributed by atoms with Crippen molar-refractivity contribution in [2.24, 2.45) is 5.10 Å². The van der Waals surface area contributed by atoms with Gasteiger partial charge in [-0.25, -0.2) is 0 Å². The van der Waals surface area contributed by atoms with Crippen LogP contribution >= 0.6 is 23.8 Å². The Balaban J connectivity index is 2.88. The molecule has 116 valence electrons. The monoisotopic (exact) mass is 329 g/mol. The van der Waals surface area contributed by atoms with Crippen molar-refractivity contribution in [3.05, 3.63) is 22.7 Å². The molecule has 2 N–H and O–H groups in total. The highest BCUT2D eigenvalue weighted by Crippen LogP contribution is 2.36. The van der Waals surface area contributed by atoms with Crippen molar-refractivity contribution < 1.29 is 9.47 Å². The van der Waals surface area contributed by atoms with Gasteiger partial charge in [-0.1, -0.05) is 11.6 Å². The van der Waals surface area contributed by atoms with Gasteiger partial charge in [0.15, 0.2) is 16.6 Å². The van der Waals surface area contributed by atoms with Gasteiger partial charge in [-0.2, -0.15) is 5.10 Å². The van der Waals surface area contributed by atoms with Gasteiger partial charge in [0.1, 0.15) is 0 Å². The molecule has 0 unspecified atom stereocenters. The average molecular weight is 330 g/mol. The molecule has 1 rings (SSSR count). The average Bonchev–Trinajstić information content (AvgIpc) is 2.41. The maximum absolute atomic E-state index is 6.22. The summed E-state index contributed by atoms with van der Waals surface area (Å²) in [6.07, 6.45) is 1.62. The fraction of sp³-hybridized carbons (Fsp3) is 0.429. The third-order valence-corrected chi connectivity index (χ3v) is 2.84. The lowest BCUT2D eigenvalue weighted by atomic mass is 10.2. The molecule has 21 heavy (non-hydrogen) atoms. The van der Waals surface area contributed by atoms with Crippen LogP contribution in [0.15, 0.2) is 17.2 Å². The number of halogens is 1. The Bertz CT molecular complexity index is 521. The number of nitrogens with one attached hydrogen (secondary N) is 2. The van der Waals surface area contributed by atoms with E-state index in [9.17, 15) is 0 Å². The van der Waals surface area contributed by atoms with Gasteiger partial charge in [0.2, 0.25) is 0 Å². The summed E-state index contributed by atoms with van der Waals surface area (Å²) in [6.45, 7) is 6.55. The second kappa shape index (κ2) is 8.69. The van der Waals surface area contributed by atoms with E-state index >= 15 is 0 Å². The van der Waals surface area contributed by atoms with Gasteiger partial charge in [0.05, 0.1) is 24.5 Å². The Morgan fingerprint density at radius 1 is 1.48 bits per heavy atom. The molecule has 0 heterocycles. The summed E-state index contributed by atoms with van der Waals surface area (Å²) in [4.78, 5) is 0. The molecule has 0 aliphatic carbocycles. The zero-order valence-electron chi connectivity index (χ0n) is 12.6. The molecule has 0 radical (unpaired) electrons. The van der Waals surface area contributed by atoms with Crippen LogP contribution in [0.2, 0.25) is 5.02 Å². The number of ether oxygens (including phenoxy) is 2. The summed E-state index contributed by atoms with van der Waals surface area (Å²) in [7, 11) is 1.57. The minimum Gasteiger partial charge on any atom is -0.493 e. The lowest BCUT2D eigenvalue weighted by molar-refractivity contribution is 0.230. The first-order valence-electron chi connectivity index (χ1n) is 6.59. The van der Waals surface area contributed by atoms with E-state index in [2.05, 4.69) is 15.8 Å². The minimum atomic E-state index is 0.00933. The van der Waals surface area contributed by atoms with Gasteiger partial charge in [-0.05, 0) is 50.7 Å². The highest BCUT2D eigenvalue weighted by Gasteiger charge is 2.12. The SMILES string of the molecule is CCNC(=S)N/N=C\c1cc(Cl)c(OC(C)C)c(OC)c1. The number of hydrogen-bond acceptors (Lipinski definition) is 4. The summed E-state index contributed by atoms with van der Waals surface area (Å²) in [5, 5.41) is 7.90. The lowest BCUT2D eigenvalue weighted by Crippen LogP contribution is -2.31. The molecule has 0 saturated heterocycles. The summed E-state index contributed by atoms with van der Waals surface area (Å²) < 4.78 is 11.0. The molecular weight excluding hydrogens is 310 g/mol. The van der Waals surface area contributed by atoms with Crippen LogP contribution in [0, 0.1) is 0 Å². The van der Waals surface area contributed by atoms with E-state index in [1.165, 1.54) is 0 Å². The van der Waals surface area contributed by atoms with Crippen LogP contribution in [-0.4, -0.2) is 31.1 Å². The quantitative estimate of drug-likeness (QED) is 0.477. The summed E-state index contributed by atoms with van der Waals surface area (Å²) in [5.74, 6) is 1.09. The van der Waals surface area contributed by atoms with Crippen LogP contribution in [0.5, 0.6) is 11.5 Å². The summed E-state index contributed by atoms with van der Waals surface area (Å²) in [5.41, 5.74) is 3.49. The molecule has 0 fully saturated rings. The van der Waals surface area contributed by atoms with Gasteiger partial charge in [0, 0.05) is 6.54 Å². The smallest absolute Gasteiger partial charge is 0.186 e. The van der Waals surface area contributed by atoms with Crippen LogP contribution in [0.3, 0.4) is 0 Å². The maximum atomic E-state index is 6.22. The number of thiocarbonyl (C=S) groups is 1. The second-order valence-electron chi connectivity index (χ2n) is 4.43. The van der Waals surface area contributed by atoms with E-state index in [1.54, 1.807) is 25.5 Å². The van der Waals surface area contributed by atoms with Crippen molar-refractivity contribution >= 4 is 35.1 Å². The second-order valence-corrected chi connectivity index (χ2v) is 5.25. The fourth-order valence-corrected chi connectivity index (χ4v) is 1.99. The predicted molar refractivity (Wildman–Crippen MR) is 90.8 cm³/mol. The zero-order chi connectivity index (χ0) is 15.8. The molecule has 0 bridgehead atoms. The Morgan fingerprint density at radius 3 is 2.76 bits per heavy atom. The number of hydrogen-bond donors (Lipinski definition) is 2. The molecule has 1 aromatic rings. The third-order valence-electron chi connectivity index (χ3n) is 2.32. The lowest BCUT2D eigenvalue weighted by Gasteiger charge is -2.15. The van der Waals surface area contributed by atoms with Crippen LogP contribution in [0.4, 0.5) is 0 Å². The Morgan fingerprint density at radius 2 is 2.19 bits per heavy atom. The van der Waals surface area contributed by atoms with Crippen LogP contribution in [0.1, 0.15) is 26.3 Å². The number of hydrazone groups is 1. The maximum Gasteiger partial charge on any atom is 0.186 e. The first kappa shape index (κ1) is 17.5. The largest absolute Gasteiger partial charge is 0.493 e. The highest BCUT2D eigenvalue weighted by molar-refractivity contribution is 7.80. The first-order valence-corrected chi connectivity index (χ1v) is 7.37. The van der Waals surface area contributed by atoms with Crippen molar-refractivity contribution in [1.82, 2.24) is 10.7 Å². The van der Waals surface area contributed by atoms with E-state index in [1.807, 2.05) is 20.8 Å². The van der Waals surface area contributed by atoms with Gasteiger partial charge < -0.3 is 14.8 Å². The standard InChI is InChI=1S/C14H20ClN3O2S/c1-5-16-14(21)18-17-8-10-6-11(15)13(20-9(2)3)12(7-10)19-4/h6-9H,5H2,1-4H3,(H2,16,18,21)/b17-8-. The topological polar surface area (TPSA) is 54.9 Å². The van der Waals surface area contributed by atoms with E-state index in [0.29, 0.717) is 21.6 Å². The molecule has 0 aliphatic rings. The van der Waals surface area contributed by atoms with Crippen molar-refractivity contribution in [2.75, 3.05) is 13.7 Å². The Labute approximate surface area is 135 Å². The van der Waals surface area contributed by atoms with Gasteiger partial charge in [-0.3, -0.25) is 5.43 Å². The molecule has 7 heteroatoms. The summed E-state index contributed by atoms with van der Waals surface area (Å²) in [6, 6.07) is 3.55. The highest BCUT2D eigenvalue weighted by atomic mass is 35.5. The van der Waals surface area contributed by atoms with E-state index in [0.717, 1.165) is 12.1 Å². The summed E-state index contributed by atoms with van der Waals surface area (Å²) >= 11 is 11.2. The van der Waals surface area contributed by atoms with Crippen LogP contribution in [0.25, 0.3) is 0 Å². The molecule has 0 aliphatic heterocycles. The predicted octanol–water partition coefficient (Wildman–Crippen LogP) is 2.95. The van der Waals surface area contributed by atoms with E-state index in [4.69, 9.17) is 33.3 Å².